The van der Waals surface area contributed by atoms with E-state index in [0.29, 0.717) is 5.75 Å². The first-order chi connectivity index (χ1) is 18.3. The van der Waals surface area contributed by atoms with Crippen LogP contribution in [0.1, 0.15) is 18.1 Å². The highest BCUT2D eigenvalue weighted by atomic mass is 127. The van der Waals surface area contributed by atoms with Crippen molar-refractivity contribution in [2.45, 2.75) is 31.8 Å². The topological polar surface area (TPSA) is 74.2 Å². The largest absolute Gasteiger partial charge is 0.488 e. The molecule has 1 unspecified atom stereocenters. The molecule has 2 rings (SSSR count). The van der Waals surface area contributed by atoms with Crippen LogP contribution in [0.4, 0.5) is 26.3 Å². The molecule has 0 radical (unpaired) electrons. The van der Waals surface area contributed by atoms with E-state index in [4.69, 9.17) is 9.47 Å². The maximum absolute atomic E-state index is 12.5. The molecule has 0 amide bonds. The van der Waals surface area contributed by atoms with Crippen molar-refractivity contribution in [1.29, 1.82) is 0 Å². The van der Waals surface area contributed by atoms with Gasteiger partial charge in [-0.25, -0.2) is 4.79 Å². The number of halogens is 7. The van der Waals surface area contributed by atoms with Crippen LogP contribution in [-0.2, 0) is 16.0 Å². The van der Waals surface area contributed by atoms with Crippen LogP contribution in [0.5, 0.6) is 17.2 Å². The molecule has 1 N–H and O–H groups in total. The van der Waals surface area contributed by atoms with Crippen LogP contribution in [0.25, 0.3) is 0 Å². The first-order valence-corrected chi connectivity index (χ1v) is 12.3. The van der Waals surface area contributed by atoms with Gasteiger partial charge in [0.05, 0.1) is 3.57 Å². The van der Waals surface area contributed by atoms with Crippen molar-refractivity contribution in [2.75, 3.05) is 26.4 Å². The molecule has 13 heteroatoms. The first kappa shape index (κ1) is 32.1. The van der Waals surface area contributed by atoms with E-state index in [1.54, 1.807) is 31.2 Å². The molecule has 0 heterocycles. The number of alkyl halides is 6. The van der Waals surface area contributed by atoms with Crippen LogP contribution in [0.15, 0.2) is 48.6 Å². The predicted octanol–water partition coefficient (Wildman–Crippen LogP) is 6.19. The highest BCUT2D eigenvalue weighted by Gasteiger charge is 2.30. The summed E-state index contributed by atoms with van der Waals surface area (Å²) in [6, 6.07) is 8.40. The number of carboxylic acid groups (broad SMARTS) is 1. The highest BCUT2D eigenvalue weighted by molar-refractivity contribution is 14.1. The zero-order valence-electron chi connectivity index (χ0n) is 20.4. The highest BCUT2D eigenvalue weighted by Crippen LogP contribution is 2.27. The van der Waals surface area contributed by atoms with Gasteiger partial charge in [-0.1, -0.05) is 17.9 Å². The minimum absolute atomic E-state index is 0.0780. The van der Waals surface area contributed by atoms with Gasteiger partial charge in [0, 0.05) is 24.7 Å². The minimum atomic E-state index is -4.64. The Balaban J connectivity index is 2.02. The van der Waals surface area contributed by atoms with E-state index in [-0.39, 0.29) is 36.7 Å². The SMILES string of the molecule is CCOC(Cc1ccc(OCC=CC#Cc2cc(OCC(F)(F)F)cc(OCC(F)(F)F)c2)c(I)c1)C(=O)O. The second kappa shape index (κ2) is 14.9. The first-order valence-electron chi connectivity index (χ1n) is 11.2. The fraction of sp³-hybridized carbons (Fsp3) is 0.346. The number of hydrogen-bond donors (Lipinski definition) is 1. The number of rotatable bonds is 12. The number of carboxylic acids is 1. The average molecular weight is 672 g/mol. The van der Waals surface area contributed by atoms with Gasteiger partial charge in [0.25, 0.3) is 0 Å². The Morgan fingerprint density at radius 2 is 1.62 bits per heavy atom. The van der Waals surface area contributed by atoms with Crippen molar-refractivity contribution >= 4 is 28.6 Å². The lowest BCUT2D eigenvalue weighted by atomic mass is 10.1. The molecular formula is C26H23F6IO6. The van der Waals surface area contributed by atoms with Crippen molar-refractivity contribution in [3.05, 3.63) is 63.2 Å². The summed E-state index contributed by atoms with van der Waals surface area (Å²) in [5, 5.41) is 9.22. The minimum Gasteiger partial charge on any atom is -0.488 e. The molecule has 0 aliphatic rings. The molecule has 39 heavy (non-hydrogen) atoms. The molecule has 0 saturated carbocycles. The number of ether oxygens (including phenoxy) is 4. The Morgan fingerprint density at radius 1 is 1.00 bits per heavy atom. The summed E-state index contributed by atoms with van der Waals surface area (Å²) in [5.41, 5.74) is 0.836. The lowest BCUT2D eigenvalue weighted by Gasteiger charge is -2.13. The quantitative estimate of drug-likeness (QED) is 0.165. The summed E-state index contributed by atoms with van der Waals surface area (Å²) < 4.78 is 95.6. The van der Waals surface area contributed by atoms with Crippen LogP contribution in [0.2, 0.25) is 0 Å². The van der Waals surface area contributed by atoms with Gasteiger partial charge in [-0.15, -0.1) is 0 Å². The monoisotopic (exact) mass is 672 g/mol. The fourth-order valence-electron chi connectivity index (χ4n) is 2.93. The summed E-state index contributed by atoms with van der Waals surface area (Å²) in [6.45, 7) is -1.17. The van der Waals surface area contributed by atoms with Crippen LogP contribution < -0.4 is 14.2 Å². The van der Waals surface area contributed by atoms with Gasteiger partial charge in [0.2, 0.25) is 0 Å². The fourth-order valence-corrected chi connectivity index (χ4v) is 3.67. The lowest BCUT2D eigenvalue weighted by Crippen LogP contribution is -2.26. The summed E-state index contributed by atoms with van der Waals surface area (Å²) in [7, 11) is 0. The maximum Gasteiger partial charge on any atom is 0.422 e. The lowest BCUT2D eigenvalue weighted by molar-refractivity contribution is -0.154. The van der Waals surface area contributed by atoms with Crippen molar-refractivity contribution < 1.29 is 55.2 Å². The molecule has 0 fully saturated rings. The normalized spacial score (nSPS) is 12.5. The second-order valence-electron chi connectivity index (χ2n) is 7.73. The number of carbonyl (C=O) groups is 1. The molecule has 0 bridgehead atoms. The smallest absolute Gasteiger partial charge is 0.422 e. The van der Waals surface area contributed by atoms with Crippen molar-refractivity contribution in [3.63, 3.8) is 0 Å². The molecule has 212 valence electrons. The molecule has 2 aromatic rings. The Hall–Kier alpha value is -3.12. The molecule has 0 aromatic heterocycles. The summed E-state index contributed by atoms with van der Waals surface area (Å²) in [4.78, 5) is 11.3. The number of hydrogen-bond acceptors (Lipinski definition) is 5. The van der Waals surface area contributed by atoms with E-state index in [9.17, 15) is 36.2 Å². The maximum atomic E-state index is 12.5. The molecule has 2 aromatic carbocycles. The van der Waals surface area contributed by atoms with Crippen molar-refractivity contribution in [3.8, 4) is 29.1 Å². The van der Waals surface area contributed by atoms with E-state index in [1.165, 1.54) is 6.08 Å². The van der Waals surface area contributed by atoms with Crippen molar-refractivity contribution in [2.24, 2.45) is 0 Å². The van der Waals surface area contributed by atoms with Crippen LogP contribution >= 0.6 is 22.6 Å². The van der Waals surface area contributed by atoms with E-state index < -0.39 is 37.6 Å². The van der Waals surface area contributed by atoms with E-state index in [0.717, 1.165) is 27.3 Å². The third kappa shape index (κ3) is 13.0. The Labute approximate surface area is 234 Å². The van der Waals surface area contributed by atoms with Crippen LogP contribution in [-0.4, -0.2) is 56.0 Å². The van der Waals surface area contributed by atoms with Gasteiger partial charge < -0.3 is 24.1 Å². The van der Waals surface area contributed by atoms with Crippen molar-refractivity contribution in [1.82, 2.24) is 0 Å². The van der Waals surface area contributed by atoms with E-state index >= 15 is 0 Å². The molecule has 0 spiro atoms. The predicted molar refractivity (Wildman–Crippen MR) is 137 cm³/mol. The Kier molecular flexibility index (Phi) is 12.2. The zero-order chi connectivity index (χ0) is 29.1. The third-order valence-corrected chi connectivity index (χ3v) is 5.34. The van der Waals surface area contributed by atoms with Gasteiger partial charge in [0.15, 0.2) is 19.3 Å². The van der Waals surface area contributed by atoms with E-state index in [2.05, 4.69) is 21.3 Å². The van der Waals surface area contributed by atoms with Gasteiger partial charge in [0.1, 0.15) is 23.9 Å². The van der Waals surface area contributed by atoms with Gasteiger partial charge in [-0.05, 0) is 71.5 Å². The van der Waals surface area contributed by atoms with E-state index in [1.807, 2.05) is 22.6 Å². The van der Waals surface area contributed by atoms with Crippen LogP contribution in [0.3, 0.4) is 0 Å². The zero-order valence-corrected chi connectivity index (χ0v) is 22.5. The standard InChI is InChI=1S/C26H23F6IO6/c1-2-36-23(24(34)35)13-18-7-8-22(21(33)12-18)37-9-5-3-4-6-17-10-19(38-15-25(27,28)29)14-20(11-17)39-16-26(30,31)32/h3,5,7-8,10-12,14,23H,2,9,13,15-16H2,1H3,(H,34,35). The van der Waals surface area contributed by atoms with Gasteiger partial charge in [-0.2, -0.15) is 26.3 Å². The summed E-state index contributed by atoms with van der Waals surface area (Å²) in [5.74, 6) is 4.01. The van der Waals surface area contributed by atoms with Gasteiger partial charge >= 0.3 is 18.3 Å². The molecule has 6 nitrogen and oxygen atoms in total. The second-order valence-corrected chi connectivity index (χ2v) is 8.90. The van der Waals surface area contributed by atoms with Crippen LogP contribution in [0, 0.1) is 15.4 Å². The number of benzene rings is 2. The Bertz CT molecular complexity index is 1160. The number of aliphatic carboxylic acids is 1. The molecular weight excluding hydrogens is 649 g/mol. The summed E-state index contributed by atoms with van der Waals surface area (Å²) >= 11 is 2.05. The third-order valence-electron chi connectivity index (χ3n) is 4.50. The number of allylic oxidation sites excluding steroid dienone is 1. The molecule has 0 saturated heterocycles. The average Bonchev–Trinajstić information content (AvgIpc) is 2.83. The van der Waals surface area contributed by atoms with Gasteiger partial charge in [-0.3, -0.25) is 0 Å². The molecule has 0 aliphatic carbocycles. The molecule has 0 aliphatic heterocycles. The Morgan fingerprint density at radius 3 is 2.13 bits per heavy atom. The summed E-state index contributed by atoms with van der Waals surface area (Å²) in [6.07, 6.45) is -7.08. The molecule has 1 atom stereocenters.